The maximum Gasteiger partial charge on any atom is 0.293 e. The van der Waals surface area contributed by atoms with Crippen LogP contribution in [0.25, 0.3) is 22.1 Å². The van der Waals surface area contributed by atoms with Gasteiger partial charge in [0.25, 0.3) is 6.47 Å². The number of ketones is 1. The molecule has 1 heterocycles. The third-order valence-electron chi connectivity index (χ3n) is 7.60. The number of benzene rings is 6. The van der Waals surface area contributed by atoms with E-state index in [0.29, 0.717) is 28.6 Å². The predicted octanol–water partition coefficient (Wildman–Crippen LogP) is 7.90. The van der Waals surface area contributed by atoms with Gasteiger partial charge < -0.3 is 50.0 Å². The van der Waals surface area contributed by atoms with Crippen molar-refractivity contribution in [1.29, 1.82) is 0 Å². The first-order chi connectivity index (χ1) is 26.8. The van der Waals surface area contributed by atoms with Crippen LogP contribution in [0, 0.1) is 0 Å². The molecule has 8 N–H and O–H groups in total. The molecule has 0 radical (unpaired) electrons. The molecule has 0 atom stereocenters. The summed E-state index contributed by atoms with van der Waals surface area (Å²) in [4.78, 5) is 34.0. The van der Waals surface area contributed by atoms with E-state index >= 15 is 0 Å². The topological polar surface area (TPSA) is 235 Å². The summed E-state index contributed by atoms with van der Waals surface area (Å²) in [6.45, 7) is 0.649. The van der Waals surface area contributed by atoms with Crippen LogP contribution in [-0.4, -0.2) is 53.1 Å². The summed E-state index contributed by atoms with van der Waals surface area (Å²) < 4.78 is 9.86. The second kappa shape index (κ2) is 21.1. The van der Waals surface area contributed by atoms with Crippen molar-refractivity contribution in [3.63, 3.8) is 0 Å². The Morgan fingerprint density at radius 2 is 1.07 bits per heavy atom. The molecule has 0 aliphatic carbocycles. The molecule has 6 aromatic carbocycles. The van der Waals surface area contributed by atoms with Gasteiger partial charge in [0, 0.05) is 24.6 Å². The highest BCUT2D eigenvalue weighted by atomic mass is 16.5. The van der Waals surface area contributed by atoms with Gasteiger partial charge in [-0.2, -0.15) is 0 Å². The molecule has 7 rings (SSSR count). The molecule has 0 aliphatic heterocycles. The summed E-state index contributed by atoms with van der Waals surface area (Å²) in [5, 5.41) is 73.0. The maximum atomic E-state index is 12.3. The monoisotopic (exact) mass is 776 g/mol. The highest BCUT2D eigenvalue weighted by Gasteiger charge is 2.13. The Kier molecular flexibility index (Phi) is 16.1. The van der Waals surface area contributed by atoms with Gasteiger partial charge in [-0.15, -0.1) is 0 Å². The van der Waals surface area contributed by atoms with E-state index in [-0.39, 0.29) is 83.2 Å². The molecule has 13 nitrogen and oxygen atoms in total. The van der Waals surface area contributed by atoms with Crippen molar-refractivity contribution in [2.75, 3.05) is 0 Å². The summed E-state index contributed by atoms with van der Waals surface area (Å²) in [5.74, 6) is 0.131. The minimum Gasteiger partial charge on any atom is -0.508 e. The van der Waals surface area contributed by atoms with Gasteiger partial charge in [0.05, 0.1) is 16.5 Å². The van der Waals surface area contributed by atoms with E-state index in [1.807, 2.05) is 0 Å². The summed E-state index contributed by atoms with van der Waals surface area (Å²) in [7, 11) is 0. The van der Waals surface area contributed by atoms with Gasteiger partial charge in [-0.05, 0) is 89.5 Å². The molecule has 0 bridgehead atoms. The largest absolute Gasteiger partial charge is 0.508 e. The average molecular weight is 777 g/mol. The first kappa shape index (κ1) is 43.5. The van der Waals surface area contributed by atoms with Gasteiger partial charge in [-0.25, -0.2) is 0 Å². The molecule has 0 fully saturated rings. The van der Waals surface area contributed by atoms with E-state index in [1.54, 1.807) is 54.6 Å². The van der Waals surface area contributed by atoms with Crippen molar-refractivity contribution < 1.29 is 59.6 Å². The predicted molar refractivity (Wildman–Crippen MR) is 213 cm³/mol. The van der Waals surface area contributed by atoms with Gasteiger partial charge in [0.15, 0.2) is 11.2 Å². The number of hydrogen-bond donors (Lipinski definition) is 8. The molecule has 0 saturated carbocycles. The Balaban J connectivity index is 0.000000213. The van der Waals surface area contributed by atoms with Crippen LogP contribution in [0.4, 0.5) is 0 Å². The molecule has 0 aliphatic rings. The van der Waals surface area contributed by atoms with E-state index in [4.69, 9.17) is 29.9 Å². The lowest BCUT2D eigenvalue weighted by atomic mass is 10.0. The van der Waals surface area contributed by atoms with E-state index in [9.17, 15) is 29.7 Å². The molecule has 0 amide bonds. The molecule has 7 aromatic rings. The Labute approximate surface area is 326 Å². The number of hydrogen-bond acceptors (Lipinski definition) is 13. The Bertz CT molecular complexity index is 2400. The number of fused-ring (bicyclic) bond motifs is 1. The standard InChI is InChI=1S/C15H10O4.C14H12O4.C8H8O3.C6H6O2.CH4/c16-10-3-1-9(2-4-10)13-8-19-14-7-11(17)5-6-12(14)15(13)18;15-10-3-1-9(2-4-10)7-13(17)12-6-5-11(16)8-14(12)18;9-6-11-5-7-1-3-8(10)4-2-7;7-5-2-1-3-6(8)4-5;/h1-8,16-17H;1-6,8,15-16,18H,7H2;1-4,6,10H,5H2;1-4,7-8H;1H4. The summed E-state index contributed by atoms with van der Waals surface area (Å²) >= 11 is 0. The van der Waals surface area contributed by atoms with E-state index in [1.165, 1.54) is 79.1 Å². The lowest BCUT2D eigenvalue weighted by molar-refractivity contribution is -0.129. The Morgan fingerprint density at radius 3 is 1.60 bits per heavy atom. The molecule has 13 heteroatoms. The van der Waals surface area contributed by atoms with Crippen molar-refractivity contribution in [3.05, 3.63) is 167 Å². The van der Waals surface area contributed by atoms with Gasteiger partial charge in [-0.3, -0.25) is 14.4 Å². The van der Waals surface area contributed by atoms with E-state index < -0.39 is 0 Å². The molecule has 1 aromatic heterocycles. The van der Waals surface area contributed by atoms with Gasteiger partial charge in [-0.1, -0.05) is 49.9 Å². The van der Waals surface area contributed by atoms with Crippen LogP contribution in [0.2, 0.25) is 0 Å². The number of carbonyl (C=O) groups excluding carboxylic acids is 2. The van der Waals surface area contributed by atoms with Gasteiger partial charge in [0.1, 0.15) is 64.4 Å². The average Bonchev–Trinajstić information content (AvgIpc) is 3.17. The fourth-order valence-electron chi connectivity index (χ4n) is 4.82. The molecular formula is C44H40O13. The first-order valence-corrected chi connectivity index (χ1v) is 16.5. The lowest BCUT2D eigenvalue weighted by Crippen LogP contribution is -2.04. The number of phenolic OH excluding ortho intramolecular Hbond substituents is 8. The smallest absolute Gasteiger partial charge is 0.293 e. The van der Waals surface area contributed by atoms with Crippen molar-refractivity contribution in [2.24, 2.45) is 0 Å². The van der Waals surface area contributed by atoms with Crippen LogP contribution < -0.4 is 5.43 Å². The number of ether oxygens (including phenoxy) is 1. The van der Waals surface area contributed by atoms with Crippen molar-refractivity contribution in [2.45, 2.75) is 20.5 Å². The molecule has 0 spiro atoms. The number of rotatable bonds is 7. The normalized spacial score (nSPS) is 9.82. The lowest BCUT2D eigenvalue weighted by Gasteiger charge is -2.04. The number of Topliss-reactive ketones (excluding diaryl/α,β-unsaturated/α-hetero) is 1. The molecule has 57 heavy (non-hydrogen) atoms. The second-order valence-electron chi connectivity index (χ2n) is 11.8. The second-order valence-corrected chi connectivity index (χ2v) is 11.8. The van der Waals surface area contributed by atoms with Crippen LogP contribution >= 0.6 is 0 Å². The number of aromatic hydroxyl groups is 8. The van der Waals surface area contributed by atoms with Crippen LogP contribution in [-0.2, 0) is 22.6 Å². The molecule has 0 unspecified atom stereocenters. The third kappa shape index (κ3) is 13.5. The fraction of sp³-hybridized carbons (Fsp3) is 0.0682. The van der Waals surface area contributed by atoms with Crippen molar-refractivity contribution in [1.82, 2.24) is 0 Å². The summed E-state index contributed by atoms with van der Waals surface area (Å²) in [6, 6.07) is 33.2. The zero-order chi connectivity index (χ0) is 40.6. The van der Waals surface area contributed by atoms with Gasteiger partial charge in [0.2, 0.25) is 0 Å². The summed E-state index contributed by atoms with van der Waals surface area (Å²) in [5.41, 5.74) is 3.01. The minimum atomic E-state index is -0.252. The zero-order valence-electron chi connectivity index (χ0n) is 29.4. The number of carbonyl (C=O) groups is 2. The van der Waals surface area contributed by atoms with Crippen LogP contribution in [0.5, 0.6) is 46.0 Å². The highest BCUT2D eigenvalue weighted by molar-refractivity contribution is 6.00. The third-order valence-corrected chi connectivity index (χ3v) is 7.60. The SMILES string of the molecule is C.O=C(Cc1ccc(O)cc1)c1ccc(O)cc1O.O=COCc1ccc(O)cc1.O=c1c(-c2ccc(O)cc2)coc2cc(O)ccc12.Oc1cccc(O)c1. The molecule has 0 saturated heterocycles. The molecule has 294 valence electrons. The molecular weight excluding hydrogens is 736 g/mol. The van der Waals surface area contributed by atoms with E-state index in [0.717, 1.165) is 17.2 Å². The van der Waals surface area contributed by atoms with E-state index in [2.05, 4.69) is 4.74 Å². The first-order valence-electron chi connectivity index (χ1n) is 16.5. The maximum absolute atomic E-state index is 12.3. The highest BCUT2D eigenvalue weighted by Crippen LogP contribution is 2.25. The van der Waals surface area contributed by atoms with Crippen molar-refractivity contribution in [3.8, 4) is 57.1 Å². The van der Waals surface area contributed by atoms with Crippen LogP contribution in [0.1, 0.15) is 28.9 Å². The Morgan fingerprint density at radius 1 is 0.579 bits per heavy atom. The summed E-state index contributed by atoms with van der Waals surface area (Å²) in [6.07, 6.45) is 1.48. The Hall–Kier alpha value is -7.93. The van der Waals surface area contributed by atoms with Crippen LogP contribution in [0.15, 0.2) is 149 Å². The fourth-order valence-corrected chi connectivity index (χ4v) is 4.82. The quantitative estimate of drug-likeness (QED) is 0.0568. The number of phenols is 8. The minimum absolute atomic E-state index is 0. The zero-order valence-corrected chi connectivity index (χ0v) is 29.4. The van der Waals surface area contributed by atoms with Gasteiger partial charge >= 0.3 is 0 Å². The van der Waals surface area contributed by atoms with Crippen LogP contribution in [0.3, 0.4) is 0 Å². The van der Waals surface area contributed by atoms with Crippen molar-refractivity contribution >= 4 is 23.2 Å².